The fraction of sp³-hybridized carbons (Fsp3) is 0.676. The predicted molar refractivity (Wildman–Crippen MR) is 183 cm³/mol. The number of carbonyl (C=O) groups is 1. The Morgan fingerprint density at radius 2 is 1.89 bits per heavy atom. The number of imidazole rings is 1. The predicted octanol–water partition coefficient (Wildman–Crippen LogP) is 6.46. The lowest BCUT2D eigenvalue weighted by Crippen LogP contribution is -2.43. The van der Waals surface area contributed by atoms with Gasteiger partial charge in [-0.15, -0.1) is 0 Å². The Morgan fingerprint density at radius 1 is 1.11 bits per heavy atom. The van der Waals surface area contributed by atoms with Crippen LogP contribution in [0.1, 0.15) is 70.5 Å². The molecule has 1 amide bonds. The third-order valence-corrected chi connectivity index (χ3v) is 11.0. The van der Waals surface area contributed by atoms with Crippen LogP contribution in [0.3, 0.4) is 0 Å². The number of fused-ring (bicyclic) bond motifs is 2. The highest BCUT2D eigenvalue weighted by Gasteiger charge is 2.33. The number of hydrogen-bond donors (Lipinski definition) is 1. The molecule has 5 heterocycles. The summed E-state index contributed by atoms with van der Waals surface area (Å²) >= 11 is 0. The second-order valence-electron chi connectivity index (χ2n) is 15.6. The van der Waals surface area contributed by atoms with Gasteiger partial charge in [0.15, 0.2) is 12.1 Å². The molecular formula is C34H53N7O4Si. The number of piperidine rings is 1. The number of hydrogen-bond acceptors (Lipinski definition) is 8. The molecule has 3 aliphatic heterocycles. The summed E-state index contributed by atoms with van der Waals surface area (Å²) in [5, 5.41) is 6.16. The van der Waals surface area contributed by atoms with Crippen molar-refractivity contribution in [2.45, 2.75) is 110 Å². The van der Waals surface area contributed by atoms with Crippen LogP contribution in [-0.2, 0) is 34.0 Å². The molecule has 0 saturated carbocycles. The van der Waals surface area contributed by atoms with Crippen molar-refractivity contribution in [3.05, 3.63) is 29.6 Å². The van der Waals surface area contributed by atoms with Gasteiger partial charge in [-0.3, -0.25) is 4.90 Å². The maximum atomic E-state index is 12.6. The third kappa shape index (κ3) is 7.61. The Morgan fingerprint density at radius 3 is 2.59 bits per heavy atom. The zero-order chi connectivity index (χ0) is 32.6. The lowest BCUT2D eigenvalue weighted by atomic mass is 9.96. The van der Waals surface area contributed by atoms with Gasteiger partial charge in [0, 0.05) is 65.1 Å². The van der Waals surface area contributed by atoms with E-state index in [2.05, 4.69) is 35.2 Å². The molecule has 1 unspecified atom stereocenters. The van der Waals surface area contributed by atoms with E-state index >= 15 is 0 Å². The third-order valence-electron chi connectivity index (χ3n) is 9.27. The van der Waals surface area contributed by atoms with E-state index in [1.54, 1.807) is 0 Å². The Hall–Kier alpha value is -2.93. The molecule has 1 aromatic carbocycles. The Bertz CT molecular complexity index is 1520. The van der Waals surface area contributed by atoms with Gasteiger partial charge in [-0.05, 0) is 83.0 Å². The quantitative estimate of drug-likeness (QED) is 0.160. The molecule has 2 fully saturated rings. The highest BCUT2D eigenvalue weighted by Crippen LogP contribution is 2.37. The lowest BCUT2D eigenvalue weighted by molar-refractivity contribution is -0.0365. The van der Waals surface area contributed by atoms with Gasteiger partial charge < -0.3 is 29.4 Å². The fourth-order valence-electron chi connectivity index (χ4n) is 6.75. The molecule has 0 spiro atoms. The normalized spacial score (nSPS) is 20.0. The maximum Gasteiger partial charge on any atom is 0.410 e. The highest BCUT2D eigenvalue weighted by molar-refractivity contribution is 6.76. The minimum Gasteiger partial charge on any atom is -0.444 e. The number of anilines is 1. The minimum atomic E-state index is -1.23. The van der Waals surface area contributed by atoms with Crippen molar-refractivity contribution in [2.24, 2.45) is 5.92 Å². The van der Waals surface area contributed by atoms with E-state index < -0.39 is 13.7 Å². The maximum absolute atomic E-state index is 12.6. The molecule has 1 atom stereocenters. The molecule has 11 nitrogen and oxygen atoms in total. The average molecular weight is 652 g/mol. The molecule has 0 aliphatic carbocycles. The van der Waals surface area contributed by atoms with E-state index in [0.717, 1.165) is 112 Å². The Balaban J connectivity index is 1.22. The zero-order valence-electron chi connectivity index (χ0n) is 28.7. The van der Waals surface area contributed by atoms with Crippen LogP contribution in [0.5, 0.6) is 0 Å². The number of ether oxygens (including phenoxy) is 3. The number of likely N-dealkylation sites (tertiary alicyclic amines) is 1. The lowest BCUT2D eigenvalue weighted by Gasteiger charge is -2.34. The Kier molecular flexibility index (Phi) is 9.53. The molecule has 0 bridgehead atoms. The number of nitrogens with two attached hydrogens (primary N) is 1. The van der Waals surface area contributed by atoms with E-state index in [0.29, 0.717) is 18.3 Å². The summed E-state index contributed by atoms with van der Waals surface area (Å²) in [5.41, 5.74) is 10.7. The molecule has 3 aliphatic rings. The molecule has 0 radical (unpaired) electrons. The summed E-state index contributed by atoms with van der Waals surface area (Å²) in [6, 6.07) is 7.12. The summed E-state index contributed by atoms with van der Waals surface area (Å²) in [6.07, 6.45) is 4.82. The molecule has 2 saturated heterocycles. The standard InChI is InChI=1S/C34H53N7O4Si/c1-34(2,3)45-33(42)39-14-12-24(13-15-39)20-38-21-27-29(22-38)40(23-43-17-18-46(4,5)6)32(36-27)31-26-19-25(35)10-11-28(26)41(37-31)30-9-7-8-16-44-30/h10-11,19,24,30H,7-9,12-18,20-23,35H2,1-6H3. The van der Waals surface area contributed by atoms with Gasteiger partial charge in [0.1, 0.15) is 18.0 Å². The topological polar surface area (TPSA) is 113 Å². The second kappa shape index (κ2) is 13.3. The molecule has 252 valence electrons. The second-order valence-corrected chi connectivity index (χ2v) is 21.2. The van der Waals surface area contributed by atoms with Gasteiger partial charge in [0.25, 0.3) is 0 Å². The smallest absolute Gasteiger partial charge is 0.410 e. The van der Waals surface area contributed by atoms with Crippen molar-refractivity contribution >= 4 is 30.8 Å². The van der Waals surface area contributed by atoms with Crippen molar-refractivity contribution in [3.63, 3.8) is 0 Å². The minimum absolute atomic E-state index is 0.0888. The monoisotopic (exact) mass is 651 g/mol. The van der Waals surface area contributed by atoms with Crippen LogP contribution in [0.15, 0.2) is 18.2 Å². The van der Waals surface area contributed by atoms with Crippen LogP contribution in [0, 0.1) is 5.92 Å². The van der Waals surface area contributed by atoms with Gasteiger partial charge in [-0.1, -0.05) is 19.6 Å². The first-order valence-corrected chi connectivity index (χ1v) is 20.8. The van der Waals surface area contributed by atoms with Gasteiger partial charge in [-0.2, -0.15) is 5.10 Å². The van der Waals surface area contributed by atoms with Crippen molar-refractivity contribution in [1.29, 1.82) is 0 Å². The van der Waals surface area contributed by atoms with E-state index in [-0.39, 0.29) is 12.3 Å². The summed E-state index contributed by atoms with van der Waals surface area (Å²) in [7, 11) is -1.23. The van der Waals surface area contributed by atoms with Gasteiger partial charge in [0.2, 0.25) is 0 Å². The van der Waals surface area contributed by atoms with Crippen LogP contribution in [-0.4, -0.2) is 81.7 Å². The highest BCUT2D eigenvalue weighted by atomic mass is 28.3. The molecule has 46 heavy (non-hydrogen) atoms. The molecule has 12 heteroatoms. The summed E-state index contributed by atoms with van der Waals surface area (Å²) in [4.78, 5) is 22.2. The number of benzene rings is 1. The van der Waals surface area contributed by atoms with Gasteiger partial charge >= 0.3 is 6.09 Å². The fourth-order valence-corrected chi connectivity index (χ4v) is 7.51. The first-order valence-electron chi connectivity index (χ1n) is 17.1. The van der Waals surface area contributed by atoms with Crippen LogP contribution in [0.2, 0.25) is 25.7 Å². The van der Waals surface area contributed by atoms with E-state index in [1.165, 1.54) is 5.69 Å². The Labute approximate surface area is 274 Å². The van der Waals surface area contributed by atoms with Crippen LogP contribution >= 0.6 is 0 Å². The summed E-state index contributed by atoms with van der Waals surface area (Å²) < 4.78 is 22.4. The number of nitrogens with zero attached hydrogens (tertiary/aromatic N) is 6. The van der Waals surface area contributed by atoms with E-state index in [9.17, 15) is 4.79 Å². The van der Waals surface area contributed by atoms with E-state index in [4.69, 9.17) is 30.0 Å². The number of rotatable bonds is 9. The summed E-state index contributed by atoms with van der Waals surface area (Å²) in [5.74, 6) is 1.37. The van der Waals surface area contributed by atoms with Crippen molar-refractivity contribution in [2.75, 3.05) is 38.6 Å². The number of carbonyl (C=O) groups excluding carboxylic acids is 1. The van der Waals surface area contributed by atoms with Crippen LogP contribution in [0.25, 0.3) is 22.4 Å². The SMILES string of the molecule is CC(C)(C)OC(=O)N1CCC(CN2Cc3nc(-c4nn(C5CCCCO5)c5ccc(N)cc45)n(COCC[Si](C)(C)C)c3C2)CC1. The van der Waals surface area contributed by atoms with Crippen LogP contribution < -0.4 is 5.73 Å². The largest absolute Gasteiger partial charge is 0.444 e. The zero-order valence-corrected chi connectivity index (χ0v) is 29.7. The van der Waals surface area contributed by atoms with Gasteiger partial charge in [-0.25, -0.2) is 14.5 Å². The molecule has 3 aromatic rings. The number of nitrogen functional groups attached to an aromatic ring is 1. The van der Waals surface area contributed by atoms with Gasteiger partial charge in [0.05, 0.1) is 16.9 Å². The van der Waals surface area contributed by atoms with Crippen LogP contribution in [0.4, 0.5) is 10.5 Å². The van der Waals surface area contributed by atoms with E-state index in [1.807, 2.05) is 42.5 Å². The number of amides is 1. The van der Waals surface area contributed by atoms with Crippen molar-refractivity contribution < 1.29 is 19.0 Å². The average Bonchev–Trinajstić information content (AvgIpc) is 3.65. The van der Waals surface area contributed by atoms with Crippen molar-refractivity contribution in [1.82, 2.24) is 29.1 Å². The molecular weight excluding hydrogens is 599 g/mol. The first-order chi connectivity index (χ1) is 21.8. The molecule has 2 aromatic heterocycles. The number of aromatic nitrogens is 4. The summed E-state index contributed by atoms with van der Waals surface area (Å²) in [6.45, 7) is 18.9. The molecule has 2 N–H and O–H groups in total. The first kappa shape index (κ1) is 33.0. The molecule has 6 rings (SSSR count). The van der Waals surface area contributed by atoms with Crippen molar-refractivity contribution in [3.8, 4) is 11.5 Å².